The molecular weight excluding hydrogens is 1100 g/mol. The molecule has 0 bridgehead atoms. The van der Waals surface area contributed by atoms with E-state index in [0.29, 0.717) is 28.7 Å². The van der Waals surface area contributed by atoms with Crippen molar-refractivity contribution in [3.63, 3.8) is 0 Å². The summed E-state index contributed by atoms with van der Waals surface area (Å²) in [6.07, 6.45) is -2.92. The highest BCUT2D eigenvalue weighted by molar-refractivity contribution is 5.99. The molecule has 0 spiro atoms. The monoisotopic (exact) mass is 1170 g/mol. The summed E-state index contributed by atoms with van der Waals surface area (Å²) < 4.78 is 0. The fraction of sp³-hybridized carbons (Fsp3) is 0.368. The molecule has 27 nitrogen and oxygen atoms in total. The van der Waals surface area contributed by atoms with Crippen molar-refractivity contribution in [1.29, 1.82) is 0 Å². The molecule has 9 amide bonds. The molecule has 27 heteroatoms. The van der Waals surface area contributed by atoms with Gasteiger partial charge < -0.3 is 79.1 Å². The lowest BCUT2D eigenvalue weighted by Crippen LogP contribution is -2.60. The average Bonchev–Trinajstić information content (AvgIpc) is 3.51. The van der Waals surface area contributed by atoms with E-state index in [0.717, 1.165) is 0 Å². The van der Waals surface area contributed by atoms with Crippen LogP contribution in [0.1, 0.15) is 62.3 Å². The van der Waals surface area contributed by atoms with Crippen molar-refractivity contribution in [2.45, 2.75) is 114 Å². The number of hydrogen-bond acceptors (Lipinski definition) is 15. The van der Waals surface area contributed by atoms with Crippen LogP contribution in [-0.4, -0.2) is 158 Å². The van der Waals surface area contributed by atoms with Gasteiger partial charge in [-0.25, -0.2) is 4.79 Å². The van der Waals surface area contributed by atoms with Gasteiger partial charge >= 0.3 is 17.9 Å². The van der Waals surface area contributed by atoms with Gasteiger partial charge in [0.05, 0.1) is 32.0 Å². The maximum absolute atomic E-state index is 14.3. The normalized spacial score (nSPS) is 14.0. The molecule has 4 aromatic rings. The fourth-order valence-electron chi connectivity index (χ4n) is 8.17. The van der Waals surface area contributed by atoms with Gasteiger partial charge in [0, 0.05) is 25.7 Å². The smallest absolute Gasteiger partial charge is 0.326 e. The average molecular weight is 1170 g/mol. The lowest BCUT2D eigenvalue weighted by Gasteiger charge is -2.27. The van der Waals surface area contributed by atoms with Crippen molar-refractivity contribution in [3.05, 3.63) is 131 Å². The Balaban J connectivity index is 1.56. The second-order valence-corrected chi connectivity index (χ2v) is 19.7. The molecule has 450 valence electrons. The molecule has 0 radical (unpaired) electrons. The number of aromatic hydroxyl groups is 2. The molecule has 0 saturated heterocycles. The molecule has 0 aliphatic carbocycles. The SMILES string of the molecule is CC[C@H](C)[C@H](NC(=O)CNC(=O)[C@H](C)N)C(=O)N[C@@H](Cc1ccc(O)cc1)C(=O)NCC(=O)N[C@@H](Cc1ccccc1)C(=O)N[C@@H](CC(=O)O)C(=O)N[C@@H](Cc1ccccc1)C(=O)N[C@@H](CC(=O)O)C(=O)N[C@@H](Cc1ccc(O)cc1)C(=O)O. The second-order valence-electron chi connectivity index (χ2n) is 19.7. The number of carbonyl (C=O) groups excluding carboxylic acids is 9. The number of nitrogens with one attached hydrogen (secondary N) is 9. The van der Waals surface area contributed by atoms with Gasteiger partial charge in [0.1, 0.15) is 53.8 Å². The molecule has 0 aromatic heterocycles. The van der Waals surface area contributed by atoms with Crippen LogP contribution in [0.3, 0.4) is 0 Å². The Morgan fingerprint density at radius 1 is 0.405 bits per heavy atom. The molecule has 16 N–H and O–H groups in total. The first-order valence-corrected chi connectivity index (χ1v) is 26.5. The molecule has 0 aliphatic heterocycles. The Bertz CT molecular complexity index is 2950. The first-order valence-electron chi connectivity index (χ1n) is 26.5. The van der Waals surface area contributed by atoms with Gasteiger partial charge in [-0.3, -0.25) is 52.7 Å². The summed E-state index contributed by atoms with van der Waals surface area (Å²) in [7, 11) is 0. The maximum atomic E-state index is 14.3. The molecule has 0 fully saturated rings. The first-order chi connectivity index (χ1) is 39.8. The number of nitrogens with two attached hydrogens (primary N) is 1. The third-order valence-corrected chi connectivity index (χ3v) is 12.9. The van der Waals surface area contributed by atoms with Crippen LogP contribution >= 0.6 is 0 Å². The predicted molar refractivity (Wildman–Crippen MR) is 299 cm³/mol. The van der Waals surface area contributed by atoms with Crippen LogP contribution in [-0.2, 0) is 83.2 Å². The zero-order valence-corrected chi connectivity index (χ0v) is 46.2. The van der Waals surface area contributed by atoms with Crippen LogP contribution in [0.2, 0.25) is 0 Å². The number of benzene rings is 4. The Kier molecular flexibility index (Phi) is 26.3. The lowest BCUT2D eigenvalue weighted by atomic mass is 9.97. The largest absolute Gasteiger partial charge is 0.508 e. The van der Waals surface area contributed by atoms with Crippen molar-refractivity contribution < 1.29 is 83.1 Å². The minimum atomic E-state index is -1.98. The number of aliphatic carboxylic acids is 3. The molecule has 4 aromatic carbocycles. The van der Waals surface area contributed by atoms with E-state index in [2.05, 4.69) is 47.9 Å². The van der Waals surface area contributed by atoms with Crippen molar-refractivity contribution >= 4 is 71.1 Å². The Labute approximate surface area is 482 Å². The van der Waals surface area contributed by atoms with Crippen molar-refractivity contribution in [2.75, 3.05) is 13.1 Å². The fourth-order valence-corrected chi connectivity index (χ4v) is 8.17. The van der Waals surface area contributed by atoms with Crippen molar-refractivity contribution in [1.82, 2.24) is 47.9 Å². The highest BCUT2D eigenvalue weighted by Crippen LogP contribution is 2.15. The molecule has 84 heavy (non-hydrogen) atoms. The van der Waals surface area contributed by atoms with E-state index in [4.69, 9.17) is 5.73 Å². The third kappa shape index (κ3) is 22.9. The van der Waals surface area contributed by atoms with E-state index >= 15 is 0 Å². The van der Waals surface area contributed by atoms with Gasteiger partial charge in [-0.05, 0) is 59.4 Å². The van der Waals surface area contributed by atoms with Gasteiger partial charge in [-0.2, -0.15) is 0 Å². The van der Waals surface area contributed by atoms with E-state index in [-0.39, 0.29) is 37.2 Å². The van der Waals surface area contributed by atoms with Crippen LogP contribution in [0.15, 0.2) is 109 Å². The summed E-state index contributed by atoms with van der Waals surface area (Å²) in [6, 6.07) is 14.6. The van der Waals surface area contributed by atoms with E-state index in [9.17, 15) is 83.1 Å². The summed E-state index contributed by atoms with van der Waals surface area (Å²) in [4.78, 5) is 159. The zero-order valence-electron chi connectivity index (χ0n) is 46.2. The highest BCUT2D eigenvalue weighted by Gasteiger charge is 2.36. The highest BCUT2D eigenvalue weighted by atomic mass is 16.4. The summed E-state index contributed by atoms with van der Waals surface area (Å²) in [5, 5.41) is 70.7. The summed E-state index contributed by atoms with van der Waals surface area (Å²) in [5.74, 6) is -14.3. The number of carboxylic acid groups (broad SMARTS) is 3. The number of amides is 9. The van der Waals surface area contributed by atoms with Crippen LogP contribution in [0.5, 0.6) is 11.5 Å². The minimum Gasteiger partial charge on any atom is -0.508 e. The quantitative estimate of drug-likeness (QED) is 0.0256. The summed E-state index contributed by atoms with van der Waals surface area (Å²) in [6.45, 7) is 3.50. The molecular formula is C57H70N10O17. The molecule has 0 heterocycles. The van der Waals surface area contributed by atoms with Gasteiger partial charge in [0.2, 0.25) is 53.2 Å². The predicted octanol–water partition coefficient (Wildman–Crippen LogP) is -1.58. The Hall–Kier alpha value is -9.92. The van der Waals surface area contributed by atoms with Gasteiger partial charge in [-0.1, -0.05) is 105 Å². The zero-order chi connectivity index (χ0) is 62.0. The molecule has 0 saturated carbocycles. The molecule has 0 unspecified atom stereocenters. The van der Waals surface area contributed by atoms with Gasteiger partial charge in [-0.15, -0.1) is 0 Å². The summed E-state index contributed by atoms with van der Waals surface area (Å²) in [5.41, 5.74) is 7.25. The number of phenols is 2. The Morgan fingerprint density at radius 2 is 0.738 bits per heavy atom. The number of phenolic OH excluding ortho intramolecular Hbond substituents is 2. The lowest BCUT2D eigenvalue weighted by molar-refractivity contribution is -0.143. The molecule has 4 rings (SSSR count). The standard InChI is InChI=1S/C57H70N10O17/c1-4-31(2)49(67-46(71)30-59-50(76)32(3)58)56(82)65-39(25-35-15-19-37(68)20-16-35)51(77)60-29-45(70)61-40(23-33-11-7-5-8-12-33)52(78)63-42(27-47(72)73)54(80)62-41(24-34-13-9-6-10-14-34)53(79)64-43(28-48(74)75)55(81)66-44(57(83)84)26-36-17-21-38(69)22-18-36/h5-22,31-32,39-44,49,68-69H,4,23-30,58H2,1-3H3,(H,59,76)(H,60,77)(H,61,70)(H,62,80)(H,63,78)(H,64,79)(H,65,82)(H,66,81)(H,67,71)(H,72,73)(H,74,75)(H,83,84)/t31-,32-,39-,40-,41-,42-,43-,44-,49-/m0/s1. The number of carbonyl (C=O) groups is 12. The van der Waals surface area contributed by atoms with E-state index in [1.54, 1.807) is 74.5 Å². The van der Waals surface area contributed by atoms with Crippen LogP contribution < -0.4 is 53.6 Å². The molecule has 9 atom stereocenters. The van der Waals surface area contributed by atoms with Crippen molar-refractivity contribution in [2.24, 2.45) is 11.7 Å². The van der Waals surface area contributed by atoms with Crippen LogP contribution in [0, 0.1) is 5.92 Å². The second kappa shape index (κ2) is 33.1. The van der Waals surface area contributed by atoms with Gasteiger partial charge in [0.15, 0.2) is 0 Å². The van der Waals surface area contributed by atoms with Crippen LogP contribution in [0.4, 0.5) is 0 Å². The van der Waals surface area contributed by atoms with Crippen molar-refractivity contribution in [3.8, 4) is 11.5 Å². The van der Waals surface area contributed by atoms with Crippen LogP contribution in [0.25, 0.3) is 0 Å². The third-order valence-electron chi connectivity index (χ3n) is 12.9. The number of rotatable bonds is 33. The number of hydrogen-bond donors (Lipinski definition) is 15. The minimum absolute atomic E-state index is 0.0964. The topological polar surface area (TPSA) is 440 Å². The van der Waals surface area contributed by atoms with E-state index < -0.39 is 151 Å². The summed E-state index contributed by atoms with van der Waals surface area (Å²) >= 11 is 0. The van der Waals surface area contributed by atoms with Gasteiger partial charge in [0.25, 0.3) is 0 Å². The number of carboxylic acids is 3. The molecule has 0 aliphatic rings. The first kappa shape index (κ1) is 66.6. The van der Waals surface area contributed by atoms with E-state index in [1.165, 1.54) is 55.5 Å². The van der Waals surface area contributed by atoms with E-state index in [1.807, 2.05) is 0 Å². The maximum Gasteiger partial charge on any atom is 0.326 e. The Morgan fingerprint density at radius 3 is 1.14 bits per heavy atom.